The number of nitrogens with zero attached hydrogens (tertiary/aromatic N) is 3. The van der Waals surface area contributed by atoms with Crippen LogP contribution in [0.1, 0.15) is 24.3 Å². The Morgan fingerprint density at radius 2 is 2.26 bits per heavy atom. The van der Waals surface area contributed by atoms with Crippen LogP contribution >= 0.6 is 27.3 Å². The van der Waals surface area contributed by atoms with Gasteiger partial charge in [-0.25, -0.2) is 4.99 Å². The summed E-state index contributed by atoms with van der Waals surface area (Å²) >= 11 is 5.12. The molecule has 0 spiro atoms. The van der Waals surface area contributed by atoms with E-state index in [0.717, 1.165) is 15.9 Å². The Bertz CT molecular complexity index is 664. The molecule has 0 saturated heterocycles. The van der Waals surface area contributed by atoms with E-state index in [1.54, 1.807) is 29.1 Å². The Morgan fingerprint density at radius 1 is 1.48 bits per heavy atom. The number of aromatic nitrogens is 2. The van der Waals surface area contributed by atoms with Gasteiger partial charge in [-0.1, -0.05) is 0 Å². The topological polar surface area (TPSA) is 74.5 Å². The van der Waals surface area contributed by atoms with Gasteiger partial charge in [0.25, 0.3) is 0 Å². The van der Waals surface area contributed by atoms with Crippen molar-refractivity contribution in [3.63, 3.8) is 0 Å². The van der Waals surface area contributed by atoms with Crippen molar-refractivity contribution in [3.8, 4) is 0 Å². The summed E-state index contributed by atoms with van der Waals surface area (Å²) < 4.78 is 2.78. The molecule has 2 aromatic heterocycles. The molecule has 0 aliphatic heterocycles. The van der Waals surface area contributed by atoms with Crippen molar-refractivity contribution in [1.82, 2.24) is 20.4 Å². The Kier molecular flexibility index (Phi) is 6.20. The van der Waals surface area contributed by atoms with Crippen molar-refractivity contribution in [2.45, 2.75) is 26.0 Å². The molecule has 2 heterocycles. The van der Waals surface area contributed by atoms with Crippen LogP contribution in [0.15, 0.2) is 33.3 Å². The highest BCUT2D eigenvalue weighted by Crippen LogP contribution is 2.22. The molecule has 1 unspecified atom stereocenters. The van der Waals surface area contributed by atoms with Crippen molar-refractivity contribution in [3.05, 3.63) is 38.8 Å². The summed E-state index contributed by atoms with van der Waals surface area (Å²) in [5.41, 5.74) is -0.248. The van der Waals surface area contributed by atoms with Crippen molar-refractivity contribution >= 4 is 33.2 Å². The molecular weight excluding hydrogens is 378 g/mol. The number of thiophene rings is 1. The number of aliphatic imine (C=N–C) groups is 1. The molecule has 0 radical (unpaired) electrons. The van der Waals surface area contributed by atoms with Crippen LogP contribution in [0.4, 0.5) is 0 Å². The van der Waals surface area contributed by atoms with Crippen LogP contribution in [0.5, 0.6) is 0 Å². The van der Waals surface area contributed by atoms with E-state index in [9.17, 15) is 5.11 Å². The van der Waals surface area contributed by atoms with Crippen LogP contribution < -0.4 is 10.6 Å². The lowest BCUT2D eigenvalue weighted by atomic mass is 10.00. The minimum absolute atomic E-state index is 0.346. The first kappa shape index (κ1) is 18.0. The highest BCUT2D eigenvalue weighted by Gasteiger charge is 2.24. The fourth-order valence-electron chi connectivity index (χ4n) is 1.99. The van der Waals surface area contributed by atoms with Gasteiger partial charge in [-0.3, -0.25) is 4.68 Å². The second kappa shape index (κ2) is 7.94. The lowest BCUT2D eigenvalue weighted by molar-refractivity contribution is 0.0616. The Labute approximate surface area is 148 Å². The average molecular weight is 400 g/mol. The molecule has 126 valence electrons. The van der Waals surface area contributed by atoms with Crippen LogP contribution in [0.25, 0.3) is 0 Å². The van der Waals surface area contributed by atoms with Gasteiger partial charge >= 0.3 is 0 Å². The summed E-state index contributed by atoms with van der Waals surface area (Å²) in [6.45, 7) is 5.48. The summed E-state index contributed by atoms with van der Waals surface area (Å²) in [6.07, 6.45) is 3.49. The van der Waals surface area contributed by atoms with E-state index >= 15 is 0 Å². The number of nitrogens with one attached hydrogen (secondary N) is 2. The maximum atomic E-state index is 10.6. The van der Waals surface area contributed by atoms with Crippen LogP contribution in [0.2, 0.25) is 0 Å². The summed E-state index contributed by atoms with van der Waals surface area (Å²) in [5.74, 6) is 0.682. The predicted octanol–water partition coefficient (Wildman–Crippen LogP) is 2.21. The maximum absolute atomic E-state index is 10.6. The van der Waals surface area contributed by atoms with E-state index in [2.05, 4.69) is 36.7 Å². The Balaban J connectivity index is 1.98. The van der Waals surface area contributed by atoms with Gasteiger partial charge in [0.2, 0.25) is 0 Å². The predicted molar refractivity (Wildman–Crippen MR) is 97.6 cm³/mol. The number of guanidine groups is 1. The molecule has 1 atom stereocenters. The second-order valence-corrected chi connectivity index (χ2v) is 7.98. The van der Waals surface area contributed by atoms with Crippen molar-refractivity contribution in [1.29, 1.82) is 0 Å². The van der Waals surface area contributed by atoms with Gasteiger partial charge in [-0.05, 0) is 41.9 Å². The number of hydrogen-bond donors (Lipinski definition) is 3. The standard InChI is InChI=1S/C15H22BrN5OS/c1-4-17-14(18-8-12-5-6-13(16)23-12)19-10-15(2,22)11-7-20-21(3)9-11/h5-7,9,22H,4,8,10H2,1-3H3,(H2,17,18,19). The largest absolute Gasteiger partial charge is 0.383 e. The second-order valence-electron chi connectivity index (χ2n) is 5.43. The number of halogens is 1. The molecular formula is C15H22BrN5OS. The molecule has 0 saturated carbocycles. The fraction of sp³-hybridized carbons (Fsp3) is 0.467. The Hall–Kier alpha value is -1.38. The molecule has 0 aromatic carbocycles. The highest BCUT2D eigenvalue weighted by molar-refractivity contribution is 9.11. The van der Waals surface area contributed by atoms with Gasteiger partial charge in [-0.15, -0.1) is 11.3 Å². The number of hydrogen-bond acceptors (Lipinski definition) is 4. The zero-order valence-corrected chi connectivity index (χ0v) is 15.9. The van der Waals surface area contributed by atoms with E-state index < -0.39 is 5.60 Å². The third kappa shape index (κ3) is 5.33. The summed E-state index contributed by atoms with van der Waals surface area (Å²) in [5, 5.41) is 21.1. The first-order valence-electron chi connectivity index (χ1n) is 7.38. The van der Waals surface area contributed by atoms with Gasteiger partial charge in [0.1, 0.15) is 5.60 Å². The zero-order chi connectivity index (χ0) is 16.9. The third-order valence-electron chi connectivity index (χ3n) is 3.29. The molecule has 0 fully saturated rings. The number of rotatable bonds is 6. The third-order valence-corrected chi connectivity index (χ3v) is 4.90. The first-order valence-corrected chi connectivity index (χ1v) is 8.99. The van der Waals surface area contributed by atoms with Crippen LogP contribution in [-0.2, 0) is 19.2 Å². The van der Waals surface area contributed by atoms with Crippen LogP contribution in [-0.4, -0.2) is 33.9 Å². The highest BCUT2D eigenvalue weighted by atomic mass is 79.9. The summed E-state index contributed by atoms with van der Waals surface area (Å²) in [6, 6.07) is 4.07. The molecule has 6 nitrogen and oxygen atoms in total. The van der Waals surface area contributed by atoms with E-state index in [1.807, 2.05) is 32.3 Å². The maximum Gasteiger partial charge on any atom is 0.191 e. The smallest absolute Gasteiger partial charge is 0.191 e. The molecule has 2 rings (SSSR count). The van der Waals surface area contributed by atoms with Crippen LogP contribution in [0.3, 0.4) is 0 Å². The number of aliphatic hydroxyl groups is 1. The average Bonchev–Trinajstić information content (AvgIpc) is 3.11. The molecule has 2 aromatic rings. The van der Waals surface area contributed by atoms with Gasteiger partial charge in [0, 0.05) is 30.2 Å². The molecule has 8 heteroatoms. The quantitative estimate of drug-likeness (QED) is 0.514. The minimum atomic E-state index is -1.02. The molecule has 3 N–H and O–H groups in total. The molecule has 23 heavy (non-hydrogen) atoms. The molecule has 0 aliphatic carbocycles. The SMILES string of the molecule is CCNC(=NCc1ccc(Br)s1)NCC(C)(O)c1cnn(C)c1. The lowest BCUT2D eigenvalue weighted by Gasteiger charge is -2.23. The summed E-state index contributed by atoms with van der Waals surface area (Å²) in [7, 11) is 1.83. The van der Waals surface area contributed by atoms with E-state index in [1.165, 1.54) is 4.88 Å². The zero-order valence-electron chi connectivity index (χ0n) is 13.5. The van der Waals surface area contributed by atoms with E-state index in [-0.39, 0.29) is 0 Å². The van der Waals surface area contributed by atoms with Crippen molar-refractivity contribution in [2.24, 2.45) is 12.0 Å². The first-order chi connectivity index (χ1) is 10.9. The fourth-order valence-corrected chi connectivity index (χ4v) is 3.40. The lowest BCUT2D eigenvalue weighted by Crippen LogP contribution is -2.44. The summed E-state index contributed by atoms with van der Waals surface area (Å²) in [4.78, 5) is 5.73. The minimum Gasteiger partial charge on any atom is -0.383 e. The van der Waals surface area contributed by atoms with Crippen molar-refractivity contribution in [2.75, 3.05) is 13.1 Å². The normalized spacial score (nSPS) is 14.6. The number of aryl methyl sites for hydroxylation is 1. The molecule has 0 amide bonds. The van der Waals surface area contributed by atoms with Crippen molar-refractivity contribution < 1.29 is 5.11 Å². The van der Waals surface area contributed by atoms with E-state index in [0.29, 0.717) is 19.0 Å². The van der Waals surface area contributed by atoms with Gasteiger partial charge in [0.15, 0.2) is 5.96 Å². The van der Waals surface area contributed by atoms with E-state index in [4.69, 9.17) is 0 Å². The monoisotopic (exact) mass is 399 g/mol. The molecule has 0 bridgehead atoms. The Morgan fingerprint density at radius 3 is 2.83 bits per heavy atom. The molecule has 0 aliphatic rings. The van der Waals surface area contributed by atoms with Crippen LogP contribution in [0, 0.1) is 0 Å². The van der Waals surface area contributed by atoms with Gasteiger partial charge in [0.05, 0.1) is 23.1 Å². The van der Waals surface area contributed by atoms with Gasteiger partial charge in [-0.2, -0.15) is 5.10 Å². The van der Waals surface area contributed by atoms with Gasteiger partial charge < -0.3 is 15.7 Å².